The predicted octanol–water partition coefficient (Wildman–Crippen LogP) is 4.57. The number of benzene rings is 2. The Kier molecular flexibility index (Phi) is 2.54. The first-order chi connectivity index (χ1) is 9.74. The van der Waals surface area contributed by atoms with Gasteiger partial charge in [0, 0.05) is 12.0 Å². The largest absolute Gasteiger partial charge is 0.331 e. The molecule has 3 aromatic rings. The predicted molar refractivity (Wildman–Crippen MR) is 79.9 cm³/mol. The Balaban J connectivity index is 1.79. The minimum absolute atomic E-state index is 0.225. The molecule has 1 aliphatic rings. The van der Waals surface area contributed by atoms with Crippen LogP contribution in [0.3, 0.4) is 0 Å². The third-order valence-corrected chi connectivity index (χ3v) is 4.29. The van der Waals surface area contributed by atoms with Crippen LogP contribution in [0.4, 0.5) is 4.39 Å². The number of nitrogens with zero attached hydrogens (tertiary/aromatic N) is 1. The molecule has 2 unspecified atom stereocenters. The van der Waals surface area contributed by atoms with Gasteiger partial charge in [-0.1, -0.05) is 30.3 Å². The van der Waals surface area contributed by atoms with E-state index in [1.807, 2.05) is 6.07 Å². The zero-order valence-corrected chi connectivity index (χ0v) is 11.5. The molecular formula is C16H13FN2S. The summed E-state index contributed by atoms with van der Waals surface area (Å²) >= 11 is 5.40. The van der Waals surface area contributed by atoms with Crippen LogP contribution in [-0.2, 0) is 0 Å². The molecule has 2 aromatic carbocycles. The number of aromatic nitrogens is 2. The van der Waals surface area contributed by atoms with Gasteiger partial charge < -0.3 is 9.55 Å². The summed E-state index contributed by atoms with van der Waals surface area (Å²) in [5.41, 5.74) is 3.08. The van der Waals surface area contributed by atoms with Crippen molar-refractivity contribution >= 4 is 23.3 Å². The van der Waals surface area contributed by atoms with E-state index >= 15 is 0 Å². The Labute approximate surface area is 120 Å². The zero-order chi connectivity index (χ0) is 13.7. The van der Waals surface area contributed by atoms with Crippen molar-refractivity contribution in [2.24, 2.45) is 0 Å². The van der Waals surface area contributed by atoms with Gasteiger partial charge in [0.25, 0.3) is 0 Å². The summed E-state index contributed by atoms with van der Waals surface area (Å²) in [6, 6.07) is 15.5. The molecule has 1 aliphatic carbocycles. The molecule has 1 heterocycles. The molecule has 0 saturated heterocycles. The van der Waals surface area contributed by atoms with Gasteiger partial charge in [-0.3, -0.25) is 0 Å². The quantitative estimate of drug-likeness (QED) is 0.684. The lowest BCUT2D eigenvalue weighted by Crippen LogP contribution is -1.96. The highest BCUT2D eigenvalue weighted by atomic mass is 32.1. The van der Waals surface area contributed by atoms with Crippen LogP contribution in [0.2, 0.25) is 0 Å². The first-order valence-corrected chi connectivity index (χ1v) is 7.09. The van der Waals surface area contributed by atoms with Crippen LogP contribution in [0, 0.1) is 10.6 Å². The summed E-state index contributed by atoms with van der Waals surface area (Å²) in [6.45, 7) is 0. The van der Waals surface area contributed by atoms with Crippen molar-refractivity contribution in [3.05, 3.63) is 64.7 Å². The molecular weight excluding hydrogens is 271 g/mol. The number of aromatic amines is 1. The molecule has 0 spiro atoms. The highest BCUT2D eigenvalue weighted by molar-refractivity contribution is 7.71. The highest BCUT2D eigenvalue weighted by Crippen LogP contribution is 2.52. The van der Waals surface area contributed by atoms with E-state index in [-0.39, 0.29) is 5.82 Å². The molecule has 0 bridgehead atoms. The van der Waals surface area contributed by atoms with Crippen LogP contribution < -0.4 is 0 Å². The molecule has 0 radical (unpaired) electrons. The van der Waals surface area contributed by atoms with Gasteiger partial charge in [0.2, 0.25) is 0 Å². The van der Waals surface area contributed by atoms with Crippen molar-refractivity contribution in [3.63, 3.8) is 0 Å². The number of halogens is 1. The van der Waals surface area contributed by atoms with Gasteiger partial charge in [0.15, 0.2) is 4.77 Å². The minimum Gasteiger partial charge on any atom is -0.331 e. The highest BCUT2D eigenvalue weighted by Gasteiger charge is 2.40. The first-order valence-electron chi connectivity index (χ1n) is 6.69. The van der Waals surface area contributed by atoms with Gasteiger partial charge in [-0.2, -0.15) is 0 Å². The van der Waals surface area contributed by atoms with Gasteiger partial charge in [0.05, 0.1) is 11.0 Å². The molecule has 100 valence electrons. The Hall–Kier alpha value is -1.94. The zero-order valence-electron chi connectivity index (χ0n) is 10.7. The SMILES string of the molecule is Fc1ccc2[nH]c(=S)n(C3CC3c3ccccc3)c2c1. The van der Waals surface area contributed by atoms with Crippen molar-refractivity contribution in [2.75, 3.05) is 0 Å². The third kappa shape index (κ3) is 1.79. The number of nitrogens with one attached hydrogen (secondary N) is 1. The summed E-state index contributed by atoms with van der Waals surface area (Å²) in [6.07, 6.45) is 1.06. The van der Waals surface area contributed by atoms with Crippen LogP contribution in [0.1, 0.15) is 23.9 Å². The van der Waals surface area contributed by atoms with Crippen LogP contribution in [-0.4, -0.2) is 9.55 Å². The maximum Gasteiger partial charge on any atom is 0.178 e. The lowest BCUT2D eigenvalue weighted by molar-refractivity contribution is 0.627. The van der Waals surface area contributed by atoms with Crippen LogP contribution in [0.25, 0.3) is 11.0 Å². The van der Waals surface area contributed by atoms with Gasteiger partial charge in [0.1, 0.15) is 5.82 Å². The average molecular weight is 284 g/mol. The van der Waals surface area contributed by atoms with Gasteiger partial charge in [-0.05, 0) is 42.4 Å². The van der Waals surface area contributed by atoms with E-state index in [0.717, 1.165) is 17.5 Å². The number of fused-ring (bicyclic) bond motifs is 1. The van der Waals surface area contributed by atoms with Crippen molar-refractivity contribution in [1.82, 2.24) is 9.55 Å². The Bertz CT molecular complexity index is 835. The molecule has 1 fully saturated rings. The molecule has 1 saturated carbocycles. The Morgan fingerprint density at radius 1 is 1.15 bits per heavy atom. The summed E-state index contributed by atoms with van der Waals surface area (Å²) in [5.74, 6) is 0.252. The summed E-state index contributed by atoms with van der Waals surface area (Å²) in [7, 11) is 0. The number of hydrogen-bond acceptors (Lipinski definition) is 1. The van der Waals surface area contributed by atoms with E-state index in [2.05, 4.69) is 33.8 Å². The van der Waals surface area contributed by atoms with Crippen molar-refractivity contribution < 1.29 is 4.39 Å². The van der Waals surface area contributed by atoms with Crippen LogP contribution in [0.5, 0.6) is 0 Å². The van der Waals surface area contributed by atoms with E-state index in [9.17, 15) is 4.39 Å². The molecule has 4 heteroatoms. The average Bonchev–Trinajstić information content (AvgIpc) is 3.17. The minimum atomic E-state index is -0.225. The van der Waals surface area contributed by atoms with Gasteiger partial charge >= 0.3 is 0 Å². The fourth-order valence-electron chi connectivity index (χ4n) is 2.95. The smallest absolute Gasteiger partial charge is 0.178 e. The monoisotopic (exact) mass is 284 g/mol. The maximum atomic E-state index is 13.5. The van der Waals surface area contributed by atoms with Crippen molar-refractivity contribution in [1.29, 1.82) is 0 Å². The lowest BCUT2D eigenvalue weighted by atomic mass is 10.1. The number of hydrogen-bond donors (Lipinski definition) is 1. The fourth-order valence-corrected chi connectivity index (χ4v) is 3.29. The Morgan fingerprint density at radius 2 is 1.95 bits per heavy atom. The summed E-state index contributed by atoms with van der Waals surface area (Å²) in [5, 5.41) is 0. The number of imidazole rings is 1. The summed E-state index contributed by atoms with van der Waals surface area (Å²) < 4.78 is 16.2. The standard InChI is InChI=1S/C16H13FN2S/c17-11-6-7-13-15(8-11)19(16(20)18-13)14-9-12(14)10-4-2-1-3-5-10/h1-8,12,14H,9H2,(H,18,20). The van der Waals surface area contributed by atoms with E-state index < -0.39 is 0 Å². The number of rotatable bonds is 2. The van der Waals surface area contributed by atoms with Crippen LogP contribution in [0.15, 0.2) is 48.5 Å². The van der Waals surface area contributed by atoms with E-state index in [1.54, 1.807) is 12.1 Å². The van der Waals surface area contributed by atoms with E-state index in [1.165, 1.54) is 11.6 Å². The molecule has 1 aromatic heterocycles. The molecule has 4 rings (SSSR count). The normalized spacial score (nSPS) is 21.2. The number of H-pyrrole nitrogens is 1. The summed E-state index contributed by atoms with van der Waals surface area (Å²) in [4.78, 5) is 3.16. The van der Waals surface area contributed by atoms with E-state index in [4.69, 9.17) is 12.2 Å². The molecule has 2 atom stereocenters. The fraction of sp³-hybridized carbons (Fsp3) is 0.188. The van der Waals surface area contributed by atoms with Gasteiger partial charge in [-0.15, -0.1) is 0 Å². The molecule has 20 heavy (non-hydrogen) atoms. The maximum absolute atomic E-state index is 13.5. The third-order valence-electron chi connectivity index (χ3n) is 4.00. The first kappa shape index (κ1) is 11.9. The van der Waals surface area contributed by atoms with Crippen LogP contribution >= 0.6 is 12.2 Å². The molecule has 0 amide bonds. The van der Waals surface area contributed by atoms with Gasteiger partial charge in [-0.25, -0.2) is 4.39 Å². The Morgan fingerprint density at radius 3 is 2.75 bits per heavy atom. The van der Waals surface area contributed by atoms with Crippen molar-refractivity contribution in [2.45, 2.75) is 18.4 Å². The van der Waals surface area contributed by atoms with E-state index in [0.29, 0.717) is 16.7 Å². The van der Waals surface area contributed by atoms with Crippen molar-refractivity contribution in [3.8, 4) is 0 Å². The molecule has 0 aliphatic heterocycles. The second kappa shape index (κ2) is 4.28. The lowest BCUT2D eigenvalue weighted by Gasteiger charge is -2.04. The topological polar surface area (TPSA) is 20.7 Å². The second-order valence-electron chi connectivity index (χ2n) is 5.28. The second-order valence-corrected chi connectivity index (χ2v) is 5.67. The molecule has 2 nitrogen and oxygen atoms in total. The molecule has 1 N–H and O–H groups in total.